The Labute approximate surface area is 78.9 Å². The predicted molar refractivity (Wildman–Crippen MR) is 40.8 cm³/mol. The third-order valence-electron chi connectivity index (χ3n) is 2.30. The predicted octanol–water partition coefficient (Wildman–Crippen LogP) is 1.82. The maximum absolute atomic E-state index is 11.6. The van der Waals surface area contributed by atoms with Crippen molar-refractivity contribution in [2.24, 2.45) is 5.41 Å². The Morgan fingerprint density at radius 1 is 1.43 bits per heavy atom. The Hall–Kier alpha value is -0.780. The molecule has 0 heterocycles. The van der Waals surface area contributed by atoms with E-state index in [-0.39, 0.29) is 13.0 Å². The minimum absolute atomic E-state index is 0.147. The SMILES string of the molecule is O=C(O)C1(CCOCC(F)(F)F)CC1. The van der Waals surface area contributed by atoms with Gasteiger partial charge >= 0.3 is 12.1 Å². The second kappa shape index (κ2) is 3.76. The fourth-order valence-corrected chi connectivity index (χ4v) is 1.18. The first-order valence-corrected chi connectivity index (χ1v) is 4.24. The lowest BCUT2D eigenvalue weighted by Crippen LogP contribution is -2.21. The molecule has 0 amide bonds. The molecule has 6 heteroatoms. The summed E-state index contributed by atoms with van der Waals surface area (Å²) in [4.78, 5) is 10.6. The number of aliphatic carboxylic acids is 1. The maximum atomic E-state index is 11.6. The number of hydrogen-bond donors (Lipinski definition) is 1. The Bertz CT molecular complexity index is 220. The van der Waals surface area contributed by atoms with Crippen LogP contribution in [0.5, 0.6) is 0 Å². The van der Waals surface area contributed by atoms with Crippen molar-refractivity contribution in [3.8, 4) is 0 Å². The van der Waals surface area contributed by atoms with Gasteiger partial charge in [-0.3, -0.25) is 4.79 Å². The summed E-state index contributed by atoms with van der Waals surface area (Å²) in [6.45, 7) is -1.45. The van der Waals surface area contributed by atoms with Crippen molar-refractivity contribution < 1.29 is 27.8 Å². The molecule has 82 valence electrons. The summed E-state index contributed by atoms with van der Waals surface area (Å²) in [5.41, 5.74) is -0.800. The van der Waals surface area contributed by atoms with Crippen molar-refractivity contribution in [1.82, 2.24) is 0 Å². The standard InChI is InChI=1S/C8H11F3O3/c9-8(10,11)5-14-4-3-7(1-2-7)6(12)13/h1-5H2,(H,12,13). The van der Waals surface area contributed by atoms with Crippen LogP contribution >= 0.6 is 0 Å². The first kappa shape index (κ1) is 11.3. The van der Waals surface area contributed by atoms with Crippen LogP contribution in [0.1, 0.15) is 19.3 Å². The molecule has 0 aromatic rings. The fraction of sp³-hybridized carbons (Fsp3) is 0.875. The maximum Gasteiger partial charge on any atom is 0.411 e. The lowest BCUT2D eigenvalue weighted by Gasteiger charge is -2.10. The minimum Gasteiger partial charge on any atom is -0.481 e. The van der Waals surface area contributed by atoms with E-state index in [0.29, 0.717) is 12.8 Å². The monoisotopic (exact) mass is 212 g/mol. The highest BCUT2D eigenvalue weighted by Crippen LogP contribution is 2.48. The number of halogens is 3. The molecule has 0 atom stereocenters. The van der Waals surface area contributed by atoms with Crippen LogP contribution in [0.4, 0.5) is 13.2 Å². The van der Waals surface area contributed by atoms with Gasteiger partial charge in [0.05, 0.1) is 5.41 Å². The van der Waals surface area contributed by atoms with Gasteiger partial charge in [-0.15, -0.1) is 0 Å². The minimum atomic E-state index is -4.33. The van der Waals surface area contributed by atoms with Crippen molar-refractivity contribution in [2.75, 3.05) is 13.2 Å². The van der Waals surface area contributed by atoms with Crippen LogP contribution < -0.4 is 0 Å². The van der Waals surface area contributed by atoms with Gasteiger partial charge in [0.25, 0.3) is 0 Å². The molecule has 0 aromatic heterocycles. The summed E-state index contributed by atoms with van der Waals surface area (Å²) in [6, 6.07) is 0. The van der Waals surface area contributed by atoms with Crippen LogP contribution in [-0.4, -0.2) is 30.5 Å². The molecule has 0 spiro atoms. The van der Waals surface area contributed by atoms with Gasteiger partial charge in [-0.2, -0.15) is 13.2 Å². The lowest BCUT2D eigenvalue weighted by atomic mass is 10.0. The summed E-state index contributed by atoms with van der Waals surface area (Å²) < 4.78 is 39.2. The Morgan fingerprint density at radius 2 is 2.00 bits per heavy atom. The normalized spacial score (nSPS) is 19.4. The summed E-state index contributed by atoms with van der Waals surface area (Å²) in [6.07, 6.45) is -3.09. The van der Waals surface area contributed by atoms with Crippen molar-refractivity contribution >= 4 is 5.97 Å². The third-order valence-corrected chi connectivity index (χ3v) is 2.30. The topological polar surface area (TPSA) is 46.5 Å². The molecule has 1 aliphatic rings. The van der Waals surface area contributed by atoms with Crippen LogP contribution in [-0.2, 0) is 9.53 Å². The molecule has 0 bridgehead atoms. The Morgan fingerprint density at radius 3 is 2.36 bits per heavy atom. The summed E-state index contributed by atoms with van der Waals surface area (Å²) in [7, 11) is 0. The number of carbonyl (C=O) groups is 1. The number of alkyl halides is 3. The molecule has 0 unspecified atom stereocenters. The number of rotatable bonds is 5. The van der Waals surface area contributed by atoms with Gasteiger partial charge in [-0.1, -0.05) is 0 Å². The zero-order valence-corrected chi connectivity index (χ0v) is 7.43. The molecule has 14 heavy (non-hydrogen) atoms. The first-order valence-electron chi connectivity index (χ1n) is 4.24. The highest BCUT2D eigenvalue weighted by molar-refractivity contribution is 5.77. The van der Waals surface area contributed by atoms with E-state index in [1.807, 2.05) is 0 Å². The van der Waals surface area contributed by atoms with E-state index < -0.39 is 24.2 Å². The summed E-state index contributed by atoms with van der Waals surface area (Å²) in [5.74, 6) is -0.937. The smallest absolute Gasteiger partial charge is 0.411 e. The van der Waals surface area contributed by atoms with Crippen molar-refractivity contribution in [1.29, 1.82) is 0 Å². The third kappa shape index (κ3) is 3.17. The molecule has 1 rings (SSSR count). The molecule has 0 aromatic carbocycles. The molecule has 1 fully saturated rings. The van der Waals surface area contributed by atoms with Crippen LogP contribution in [0.15, 0.2) is 0 Å². The van der Waals surface area contributed by atoms with E-state index in [2.05, 4.69) is 4.74 Å². The largest absolute Gasteiger partial charge is 0.481 e. The van der Waals surface area contributed by atoms with E-state index in [4.69, 9.17) is 5.11 Å². The van der Waals surface area contributed by atoms with Crippen molar-refractivity contribution in [3.63, 3.8) is 0 Å². The average molecular weight is 212 g/mol. The molecular formula is C8H11F3O3. The van der Waals surface area contributed by atoms with Gasteiger partial charge in [0.1, 0.15) is 6.61 Å². The van der Waals surface area contributed by atoms with E-state index in [9.17, 15) is 18.0 Å². The Kier molecular flexibility index (Phi) is 3.04. The van der Waals surface area contributed by atoms with Gasteiger partial charge in [0.2, 0.25) is 0 Å². The lowest BCUT2D eigenvalue weighted by molar-refractivity contribution is -0.175. The van der Waals surface area contributed by atoms with E-state index in [1.54, 1.807) is 0 Å². The van der Waals surface area contributed by atoms with Crippen LogP contribution in [0.3, 0.4) is 0 Å². The van der Waals surface area contributed by atoms with Gasteiger partial charge < -0.3 is 9.84 Å². The summed E-state index contributed by atoms with van der Waals surface area (Å²) in [5, 5.41) is 8.69. The van der Waals surface area contributed by atoms with Gasteiger partial charge in [0.15, 0.2) is 0 Å². The molecule has 1 N–H and O–H groups in total. The number of carboxylic acid groups (broad SMARTS) is 1. The van der Waals surface area contributed by atoms with E-state index in [1.165, 1.54) is 0 Å². The fourth-order valence-electron chi connectivity index (χ4n) is 1.18. The van der Waals surface area contributed by atoms with Crippen molar-refractivity contribution in [2.45, 2.75) is 25.4 Å². The molecule has 0 radical (unpaired) electrons. The molecule has 1 aliphatic carbocycles. The number of ether oxygens (including phenoxy) is 1. The average Bonchev–Trinajstić information content (AvgIpc) is 2.77. The molecule has 0 aliphatic heterocycles. The molecule has 3 nitrogen and oxygen atoms in total. The highest BCUT2D eigenvalue weighted by atomic mass is 19.4. The van der Waals surface area contributed by atoms with Crippen LogP contribution in [0, 0.1) is 5.41 Å². The second-order valence-electron chi connectivity index (χ2n) is 3.50. The number of hydrogen-bond acceptors (Lipinski definition) is 2. The number of carboxylic acids is 1. The summed E-state index contributed by atoms with van der Waals surface area (Å²) >= 11 is 0. The van der Waals surface area contributed by atoms with Gasteiger partial charge in [-0.25, -0.2) is 0 Å². The zero-order chi connectivity index (χ0) is 10.8. The van der Waals surface area contributed by atoms with Crippen molar-refractivity contribution in [3.05, 3.63) is 0 Å². The van der Waals surface area contributed by atoms with Crippen LogP contribution in [0.25, 0.3) is 0 Å². The molecular weight excluding hydrogens is 201 g/mol. The first-order chi connectivity index (χ1) is 6.36. The van der Waals surface area contributed by atoms with Gasteiger partial charge in [-0.05, 0) is 19.3 Å². The Balaban J connectivity index is 2.13. The highest BCUT2D eigenvalue weighted by Gasteiger charge is 2.49. The molecule has 0 saturated heterocycles. The van der Waals surface area contributed by atoms with Crippen LogP contribution in [0.2, 0.25) is 0 Å². The zero-order valence-electron chi connectivity index (χ0n) is 7.43. The molecule has 1 saturated carbocycles. The van der Waals surface area contributed by atoms with E-state index in [0.717, 1.165) is 0 Å². The van der Waals surface area contributed by atoms with Gasteiger partial charge in [0, 0.05) is 6.61 Å². The van der Waals surface area contributed by atoms with E-state index >= 15 is 0 Å². The quantitative estimate of drug-likeness (QED) is 0.707. The second-order valence-corrected chi connectivity index (χ2v) is 3.50.